The maximum absolute atomic E-state index is 13.4. The molecule has 3 aromatic rings. The summed E-state index contributed by atoms with van der Waals surface area (Å²) in [5.41, 5.74) is 3.14. The van der Waals surface area contributed by atoms with Crippen LogP contribution in [-0.4, -0.2) is 10.9 Å². The number of amides is 1. The van der Waals surface area contributed by atoms with E-state index in [9.17, 15) is 13.6 Å². The first kappa shape index (κ1) is 20.1. The van der Waals surface area contributed by atoms with E-state index >= 15 is 0 Å². The zero-order valence-corrected chi connectivity index (χ0v) is 16.8. The summed E-state index contributed by atoms with van der Waals surface area (Å²) in [7, 11) is 0. The van der Waals surface area contributed by atoms with Crippen molar-refractivity contribution < 1.29 is 13.6 Å². The molecule has 0 aliphatic heterocycles. The summed E-state index contributed by atoms with van der Waals surface area (Å²) in [6.45, 7) is 6.19. The van der Waals surface area contributed by atoms with E-state index in [1.54, 1.807) is 5.38 Å². The minimum Gasteiger partial charge on any atom is -0.301 e. The van der Waals surface area contributed by atoms with E-state index in [1.165, 1.54) is 23.0 Å². The first-order chi connectivity index (χ1) is 13.3. The number of hydrogen-bond donors (Lipinski definition) is 1. The van der Waals surface area contributed by atoms with Crippen LogP contribution in [0.15, 0.2) is 47.8 Å². The van der Waals surface area contributed by atoms with Crippen molar-refractivity contribution in [3.8, 4) is 11.3 Å². The molecule has 0 spiro atoms. The van der Waals surface area contributed by atoms with Crippen LogP contribution >= 0.6 is 11.3 Å². The number of hydrogen-bond acceptors (Lipinski definition) is 3. The molecule has 0 saturated carbocycles. The molecule has 1 aromatic heterocycles. The minimum atomic E-state index is -0.925. The molecule has 0 aliphatic carbocycles. The highest BCUT2D eigenvalue weighted by atomic mass is 32.1. The maximum Gasteiger partial charge on any atom is 0.233 e. The third kappa shape index (κ3) is 4.81. The highest BCUT2D eigenvalue weighted by molar-refractivity contribution is 7.14. The van der Waals surface area contributed by atoms with Gasteiger partial charge in [-0.25, -0.2) is 13.8 Å². The fourth-order valence-corrected chi connectivity index (χ4v) is 3.62. The van der Waals surface area contributed by atoms with Gasteiger partial charge >= 0.3 is 0 Å². The van der Waals surface area contributed by atoms with Gasteiger partial charge in [0.15, 0.2) is 16.8 Å². The molecule has 3 rings (SSSR count). The Morgan fingerprint density at radius 2 is 1.79 bits per heavy atom. The van der Waals surface area contributed by atoms with Crippen LogP contribution in [0, 0.1) is 17.6 Å². The number of aromatic nitrogens is 1. The van der Waals surface area contributed by atoms with Crippen molar-refractivity contribution in [2.45, 2.75) is 33.1 Å². The third-order valence-corrected chi connectivity index (χ3v) is 5.22. The van der Waals surface area contributed by atoms with Crippen LogP contribution in [0.3, 0.4) is 0 Å². The zero-order chi connectivity index (χ0) is 20.3. The van der Waals surface area contributed by atoms with Crippen LogP contribution in [0.25, 0.3) is 11.3 Å². The number of nitrogens with one attached hydrogen (secondary N) is 1. The Morgan fingerprint density at radius 1 is 1.07 bits per heavy atom. The lowest BCUT2D eigenvalue weighted by Gasteiger charge is -2.12. The summed E-state index contributed by atoms with van der Waals surface area (Å²) < 4.78 is 26.5. The Morgan fingerprint density at radius 3 is 2.43 bits per heavy atom. The molecule has 0 radical (unpaired) electrons. The first-order valence-electron chi connectivity index (χ1n) is 9.14. The molecule has 1 amide bonds. The standard InChI is InChI=1S/C22H22F2N2OS/c1-13(2)10-15-4-6-16(7-5-15)14(3)21(27)26-22-25-20(12-28-22)17-8-9-18(23)19(24)11-17/h4-9,11-14H,10H2,1-3H3,(H,25,26,27). The van der Waals surface area contributed by atoms with Crippen molar-refractivity contribution in [3.05, 3.63) is 70.6 Å². The molecule has 146 valence electrons. The van der Waals surface area contributed by atoms with Gasteiger partial charge in [0.2, 0.25) is 5.91 Å². The second-order valence-corrected chi connectivity index (χ2v) is 8.08. The van der Waals surface area contributed by atoms with Crippen molar-refractivity contribution in [1.82, 2.24) is 4.98 Å². The average molecular weight is 400 g/mol. The lowest BCUT2D eigenvalue weighted by molar-refractivity contribution is -0.117. The number of benzene rings is 2. The SMILES string of the molecule is CC(C)Cc1ccc(C(C)C(=O)Nc2nc(-c3ccc(F)c(F)c3)cs2)cc1. The van der Waals surface area contributed by atoms with E-state index in [1.807, 2.05) is 19.1 Å². The first-order valence-corrected chi connectivity index (χ1v) is 10.0. The summed E-state index contributed by atoms with van der Waals surface area (Å²) in [6, 6.07) is 11.7. The van der Waals surface area contributed by atoms with Gasteiger partial charge in [-0.15, -0.1) is 11.3 Å². The van der Waals surface area contributed by atoms with E-state index in [0.29, 0.717) is 22.3 Å². The summed E-state index contributed by atoms with van der Waals surface area (Å²) in [4.78, 5) is 16.9. The molecule has 6 heteroatoms. The van der Waals surface area contributed by atoms with Gasteiger partial charge in [-0.3, -0.25) is 4.79 Å². The van der Waals surface area contributed by atoms with E-state index in [2.05, 4.69) is 36.3 Å². The molecule has 1 unspecified atom stereocenters. The number of thiazole rings is 1. The summed E-state index contributed by atoms with van der Waals surface area (Å²) in [5, 5.41) is 4.93. The van der Waals surface area contributed by atoms with Crippen LogP contribution < -0.4 is 5.32 Å². The van der Waals surface area contributed by atoms with E-state index in [4.69, 9.17) is 0 Å². The van der Waals surface area contributed by atoms with E-state index in [-0.39, 0.29) is 11.8 Å². The van der Waals surface area contributed by atoms with Crippen molar-refractivity contribution in [2.24, 2.45) is 5.92 Å². The Bertz CT molecular complexity index is 967. The molecular formula is C22H22F2N2OS. The third-order valence-electron chi connectivity index (χ3n) is 4.47. The second kappa shape index (κ2) is 8.61. The fourth-order valence-electron chi connectivity index (χ4n) is 2.90. The van der Waals surface area contributed by atoms with Gasteiger partial charge in [0.05, 0.1) is 11.6 Å². The molecule has 3 nitrogen and oxygen atoms in total. The minimum absolute atomic E-state index is 0.164. The molecule has 0 saturated heterocycles. The highest BCUT2D eigenvalue weighted by Gasteiger charge is 2.17. The lowest BCUT2D eigenvalue weighted by atomic mass is 9.96. The summed E-state index contributed by atoms with van der Waals surface area (Å²) >= 11 is 1.25. The maximum atomic E-state index is 13.4. The van der Waals surface area contributed by atoms with E-state index in [0.717, 1.165) is 24.1 Å². The lowest BCUT2D eigenvalue weighted by Crippen LogP contribution is -2.18. The normalized spacial score (nSPS) is 12.2. The van der Waals surface area contributed by atoms with Gasteiger partial charge in [0, 0.05) is 10.9 Å². The van der Waals surface area contributed by atoms with Crippen molar-refractivity contribution in [1.29, 1.82) is 0 Å². The van der Waals surface area contributed by atoms with Crippen LogP contribution in [-0.2, 0) is 11.2 Å². The molecule has 1 N–H and O–H groups in total. The van der Waals surface area contributed by atoms with Gasteiger partial charge in [0.1, 0.15) is 0 Å². The predicted octanol–water partition coefficient (Wildman–Crippen LogP) is 6.03. The highest BCUT2D eigenvalue weighted by Crippen LogP contribution is 2.27. The number of carbonyl (C=O) groups excluding carboxylic acids is 1. The van der Waals surface area contributed by atoms with Gasteiger partial charge in [-0.05, 0) is 48.6 Å². The number of nitrogens with zero attached hydrogens (tertiary/aromatic N) is 1. The Balaban J connectivity index is 1.67. The molecule has 0 fully saturated rings. The Labute approximate surface area is 167 Å². The Kier molecular flexibility index (Phi) is 6.19. The molecule has 2 aromatic carbocycles. The largest absolute Gasteiger partial charge is 0.301 e. The molecule has 0 aliphatic rings. The zero-order valence-electron chi connectivity index (χ0n) is 16.0. The van der Waals surface area contributed by atoms with Crippen LogP contribution in [0.5, 0.6) is 0 Å². The van der Waals surface area contributed by atoms with Crippen molar-refractivity contribution in [3.63, 3.8) is 0 Å². The van der Waals surface area contributed by atoms with Gasteiger partial charge in [-0.2, -0.15) is 0 Å². The molecule has 1 heterocycles. The van der Waals surface area contributed by atoms with Crippen molar-refractivity contribution >= 4 is 22.4 Å². The molecule has 0 bridgehead atoms. The number of rotatable bonds is 6. The van der Waals surface area contributed by atoms with Crippen LogP contribution in [0.2, 0.25) is 0 Å². The van der Waals surface area contributed by atoms with E-state index < -0.39 is 11.6 Å². The summed E-state index contributed by atoms with van der Waals surface area (Å²) in [5.74, 6) is -1.74. The predicted molar refractivity (Wildman–Crippen MR) is 109 cm³/mol. The number of carbonyl (C=O) groups is 1. The van der Waals surface area contributed by atoms with Crippen LogP contribution in [0.4, 0.5) is 13.9 Å². The summed E-state index contributed by atoms with van der Waals surface area (Å²) in [6.07, 6.45) is 1.01. The fraction of sp³-hybridized carbons (Fsp3) is 0.273. The average Bonchev–Trinajstić information content (AvgIpc) is 3.12. The molecule has 1 atom stereocenters. The number of anilines is 1. The van der Waals surface area contributed by atoms with Gasteiger partial charge in [0.25, 0.3) is 0 Å². The van der Waals surface area contributed by atoms with Gasteiger partial charge in [-0.1, -0.05) is 38.1 Å². The monoisotopic (exact) mass is 400 g/mol. The smallest absolute Gasteiger partial charge is 0.233 e. The quantitative estimate of drug-likeness (QED) is 0.549. The Hall–Kier alpha value is -2.60. The van der Waals surface area contributed by atoms with Crippen LogP contribution in [0.1, 0.15) is 37.8 Å². The van der Waals surface area contributed by atoms with Crippen molar-refractivity contribution in [2.75, 3.05) is 5.32 Å². The topological polar surface area (TPSA) is 42.0 Å². The second-order valence-electron chi connectivity index (χ2n) is 7.22. The molecule has 28 heavy (non-hydrogen) atoms. The molecular weight excluding hydrogens is 378 g/mol. The number of halogens is 2. The van der Waals surface area contributed by atoms with Gasteiger partial charge < -0.3 is 5.32 Å².